The van der Waals surface area contributed by atoms with Gasteiger partial charge in [-0.15, -0.1) is 10.2 Å². The van der Waals surface area contributed by atoms with Crippen LogP contribution in [0.4, 0.5) is 0 Å². The Hall–Kier alpha value is -0.250. The van der Waals surface area contributed by atoms with Crippen LogP contribution in [0.3, 0.4) is 0 Å². The summed E-state index contributed by atoms with van der Waals surface area (Å²) in [6.45, 7) is 0. The van der Waals surface area contributed by atoms with Crippen LogP contribution >= 0.6 is 15.9 Å². The second-order valence-corrected chi connectivity index (χ2v) is 3.71. The van der Waals surface area contributed by atoms with Crippen molar-refractivity contribution in [2.24, 2.45) is 21.4 Å². The third-order valence-electron chi connectivity index (χ3n) is 1.64. The highest BCUT2D eigenvalue weighted by atomic mass is 79.9. The Labute approximate surface area is 61.4 Å². The van der Waals surface area contributed by atoms with Gasteiger partial charge in [-0.05, 0) is 18.1 Å². The van der Waals surface area contributed by atoms with Gasteiger partial charge in [0.2, 0.25) is 0 Å². The van der Waals surface area contributed by atoms with E-state index in [-0.39, 0.29) is 4.45 Å². The minimum atomic E-state index is -0.215. The first-order chi connectivity index (χ1) is 4.31. The molecule has 1 saturated carbocycles. The van der Waals surface area contributed by atoms with Crippen molar-refractivity contribution >= 4 is 22.1 Å². The van der Waals surface area contributed by atoms with Crippen molar-refractivity contribution in [1.29, 1.82) is 0 Å². The summed E-state index contributed by atoms with van der Waals surface area (Å²) in [4.78, 5) is 0. The normalized spacial score (nSPS) is 40.1. The standard InChI is InChI=1S/C5H6BrN3/c6-5(4-1-2-4)3-7-9-8-5/h3-4H,1-2H2. The molecule has 0 aromatic carbocycles. The summed E-state index contributed by atoms with van der Waals surface area (Å²) in [5, 5.41) is 11.2. The van der Waals surface area contributed by atoms with Crippen molar-refractivity contribution in [2.75, 3.05) is 0 Å². The highest BCUT2D eigenvalue weighted by Crippen LogP contribution is 2.46. The van der Waals surface area contributed by atoms with Crippen molar-refractivity contribution < 1.29 is 0 Å². The summed E-state index contributed by atoms with van der Waals surface area (Å²) in [5.41, 5.74) is 0. The Bertz CT molecular complexity index is 171. The Morgan fingerprint density at radius 3 is 2.78 bits per heavy atom. The largest absolute Gasteiger partial charge is 0.177 e. The van der Waals surface area contributed by atoms with E-state index in [9.17, 15) is 0 Å². The van der Waals surface area contributed by atoms with Crippen LogP contribution in [0.1, 0.15) is 12.8 Å². The smallest absolute Gasteiger partial charge is 0.144 e. The molecule has 0 spiro atoms. The zero-order chi connectivity index (χ0) is 6.32. The third kappa shape index (κ3) is 0.813. The molecule has 0 saturated heterocycles. The molecule has 0 amide bonds. The lowest BCUT2D eigenvalue weighted by atomic mass is 10.2. The van der Waals surface area contributed by atoms with Gasteiger partial charge in [-0.2, -0.15) is 0 Å². The van der Waals surface area contributed by atoms with E-state index < -0.39 is 0 Å². The van der Waals surface area contributed by atoms with Crippen LogP contribution in [-0.2, 0) is 0 Å². The van der Waals surface area contributed by atoms with Gasteiger partial charge in [0.05, 0.1) is 6.21 Å². The summed E-state index contributed by atoms with van der Waals surface area (Å²) >= 11 is 3.46. The molecular weight excluding hydrogens is 182 g/mol. The van der Waals surface area contributed by atoms with Crippen LogP contribution in [0.15, 0.2) is 15.4 Å². The average Bonchev–Trinajstić information content (AvgIpc) is 2.60. The predicted molar refractivity (Wildman–Crippen MR) is 37.7 cm³/mol. The maximum Gasteiger partial charge on any atom is 0.177 e. The zero-order valence-corrected chi connectivity index (χ0v) is 6.37. The molecule has 2 rings (SSSR count). The van der Waals surface area contributed by atoms with E-state index in [0.29, 0.717) is 5.92 Å². The molecule has 0 radical (unpaired) electrons. The molecule has 3 nitrogen and oxygen atoms in total. The Morgan fingerprint density at radius 1 is 1.56 bits per heavy atom. The van der Waals surface area contributed by atoms with E-state index in [4.69, 9.17) is 0 Å². The number of nitrogens with zero attached hydrogens (tertiary/aromatic N) is 3. The highest BCUT2D eigenvalue weighted by molar-refractivity contribution is 9.10. The molecular formula is C5H6BrN3. The summed E-state index contributed by atoms with van der Waals surface area (Å²) in [5.74, 6) is 0.646. The van der Waals surface area contributed by atoms with Crippen LogP contribution < -0.4 is 0 Å². The molecule has 1 fully saturated rings. The average molecular weight is 188 g/mol. The van der Waals surface area contributed by atoms with E-state index in [1.165, 1.54) is 12.8 Å². The first kappa shape index (κ1) is 5.53. The molecule has 0 aromatic rings. The fourth-order valence-electron chi connectivity index (χ4n) is 0.902. The van der Waals surface area contributed by atoms with Gasteiger partial charge >= 0.3 is 0 Å². The first-order valence-electron chi connectivity index (χ1n) is 2.96. The van der Waals surface area contributed by atoms with Gasteiger partial charge < -0.3 is 0 Å². The SMILES string of the molecule is BrC1(C2CC2)C=NN=N1. The molecule has 9 heavy (non-hydrogen) atoms. The van der Waals surface area contributed by atoms with Gasteiger partial charge in [0.15, 0.2) is 4.45 Å². The molecule has 0 aromatic heterocycles. The van der Waals surface area contributed by atoms with Crippen LogP contribution in [0.25, 0.3) is 0 Å². The van der Waals surface area contributed by atoms with Crippen molar-refractivity contribution in [3.63, 3.8) is 0 Å². The van der Waals surface area contributed by atoms with E-state index in [2.05, 4.69) is 31.4 Å². The van der Waals surface area contributed by atoms with Crippen LogP contribution in [0, 0.1) is 5.92 Å². The van der Waals surface area contributed by atoms with Crippen LogP contribution in [0.5, 0.6) is 0 Å². The minimum Gasteiger partial charge on any atom is -0.144 e. The molecule has 1 unspecified atom stereocenters. The maximum atomic E-state index is 3.95. The van der Waals surface area contributed by atoms with Gasteiger partial charge in [-0.1, -0.05) is 15.9 Å². The van der Waals surface area contributed by atoms with Crippen molar-refractivity contribution in [3.8, 4) is 0 Å². The van der Waals surface area contributed by atoms with Crippen molar-refractivity contribution in [2.45, 2.75) is 17.3 Å². The van der Waals surface area contributed by atoms with E-state index in [1.54, 1.807) is 6.21 Å². The minimum absolute atomic E-state index is 0.215. The monoisotopic (exact) mass is 187 g/mol. The molecule has 48 valence electrons. The third-order valence-corrected chi connectivity index (χ3v) is 2.65. The number of rotatable bonds is 1. The summed E-state index contributed by atoms with van der Waals surface area (Å²) in [7, 11) is 0. The number of alkyl halides is 1. The fraction of sp³-hybridized carbons (Fsp3) is 0.800. The molecule has 1 heterocycles. The number of halogens is 1. The van der Waals surface area contributed by atoms with Gasteiger partial charge in [0.1, 0.15) is 0 Å². The van der Waals surface area contributed by atoms with Gasteiger partial charge in [0, 0.05) is 5.92 Å². The Kier molecular flexibility index (Phi) is 0.997. The lowest BCUT2D eigenvalue weighted by Crippen LogP contribution is -2.18. The van der Waals surface area contributed by atoms with Gasteiger partial charge in [-0.25, -0.2) is 0 Å². The van der Waals surface area contributed by atoms with Crippen LogP contribution in [-0.4, -0.2) is 10.7 Å². The van der Waals surface area contributed by atoms with Gasteiger partial charge in [0.25, 0.3) is 0 Å². The van der Waals surface area contributed by atoms with E-state index >= 15 is 0 Å². The lowest BCUT2D eigenvalue weighted by Gasteiger charge is -2.08. The summed E-state index contributed by atoms with van der Waals surface area (Å²) < 4.78 is -0.215. The lowest BCUT2D eigenvalue weighted by molar-refractivity contribution is 0.696. The first-order valence-corrected chi connectivity index (χ1v) is 3.76. The van der Waals surface area contributed by atoms with Gasteiger partial charge in [-0.3, -0.25) is 0 Å². The predicted octanol–water partition coefficient (Wildman–Crippen LogP) is 1.94. The van der Waals surface area contributed by atoms with E-state index in [1.807, 2.05) is 0 Å². The Morgan fingerprint density at radius 2 is 2.33 bits per heavy atom. The van der Waals surface area contributed by atoms with Crippen molar-refractivity contribution in [1.82, 2.24) is 0 Å². The second kappa shape index (κ2) is 1.62. The fourth-order valence-corrected chi connectivity index (χ4v) is 1.52. The summed E-state index contributed by atoms with van der Waals surface area (Å²) in [6, 6.07) is 0. The zero-order valence-electron chi connectivity index (χ0n) is 4.79. The summed E-state index contributed by atoms with van der Waals surface area (Å²) in [6.07, 6.45) is 4.26. The Balaban J connectivity index is 2.22. The molecule has 1 atom stereocenters. The van der Waals surface area contributed by atoms with Crippen LogP contribution in [0.2, 0.25) is 0 Å². The molecule has 4 heteroatoms. The topological polar surface area (TPSA) is 37.1 Å². The number of hydrogen-bond acceptors (Lipinski definition) is 3. The molecule has 2 aliphatic rings. The maximum absolute atomic E-state index is 3.95. The quantitative estimate of drug-likeness (QED) is 0.445. The second-order valence-electron chi connectivity index (χ2n) is 2.44. The van der Waals surface area contributed by atoms with Crippen molar-refractivity contribution in [3.05, 3.63) is 0 Å². The molecule has 0 bridgehead atoms. The van der Waals surface area contributed by atoms with E-state index in [0.717, 1.165) is 0 Å². The highest BCUT2D eigenvalue weighted by Gasteiger charge is 2.44. The molecule has 0 N–H and O–H groups in total. The number of hydrogen-bond donors (Lipinski definition) is 0. The molecule has 1 aliphatic carbocycles. The molecule has 1 aliphatic heterocycles.